The Labute approximate surface area is 261 Å². The second-order valence-electron chi connectivity index (χ2n) is 14.1. The van der Waals surface area contributed by atoms with Crippen LogP contribution < -0.4 is 5.32 Å². The molecule has 1 N–H and O–H groups in total. The van der Waals surface area contributed by atoms with Gasteiger partial charge in [-0.05, 0) is 77.8 Å². The zero-order valence-corrected chi connectivity index (χ0v) is 32.2. The average Bonchev–Trinajstić information content (AvgIpc) is 3.68. The quantitative estimate of drug-likeness (QED) is 0.0524. The molecule has 1 aliphatic rings. The molecule has 0 saturated carbocycles. The van der Waals surface area contributed by atoms with Gasteiger partial charge in [0.25, 0.3) is 0 Å². The van der Waals surface area contributed by atoms with E-state index in [2.05, 4.69) is 85.8 Å². The summed E-state index contributed by atoms with van der Waals surface area (Å²) >= 11 is 0. The molecule has 1 fully saturated rings. The van der Waals surface area contributed by atoms with Crippen LogP contribution in [0.4, 0.5) is 4.79 Å². The Morgan fingerprint density at radius 1 is 0.881 bits per heavy atom. The lowest BCUT2D eigenvalue weighted by molar-refractivity contribution is 0.0480. The molecule has 0 aromatic heterocycles. The van der Waals surface area contributed by atoms with Crippen LogP contribution in [0.2, 0.25) is 51.4 Å². The van der Waals surface area contributed by atoms with Gasteiger partial charge < -0.3 is 33.1 Å². The molecule has 1 aliphatic heterocycles. The zero-order chi connectivity index (χ0) is 32.2. The number of nitrogens with one attached hydrogen (secondary N) is 1. The maximum atomic E-state index is 11.8. The van der Waals surface area contributed by atoms with Gasteiger partial charge in [0.1, 0.15) is 12.7 Å². The topological polar surface area (TPSA) is 87.8 Å². The number of amides is 1. The molecular weight excluding hydrogens is 583 g/mol. The number of carbonyl (C=O) groups is 1. The van der Waals surface area contributed by atoms with Gasteiger partial charge in [0, 0.05) is 18.4 Å². The Kier molecular flexibility index (Phi) is 16.2. The summed E-state index contributed by atoms with van der Waals surface area (Å²) in [5, 5.41) is 2.37. The SMILES string of the molecule is C=C(C)C1OC1OCCNC(=O)OCCOCCC[Si](C)(C)OC(C)(CC)[Si](C)(C)OC(C)(CC)[Si](C)(C)CCCC. The summed E-state index contributed by atoms with van der Waals surface area (Å²) in [4.78, 5) is 11.8. The van der Waals surface area contributed by atoms with Crippen molar-refractivity contribution in [3.05, 3.63) is 12.2 Å². The predicted molar refractivity (Wildman–Crippen MR) is 181 cm³/mol. The van der Waals surface area contributed by atoms with Crippen LogP contribution in [0.3, 0.4) is 0 Å². The van der Waals surface area contributed by atoms with Crippen LogP contribution in [-0.2, 0) is 27.8 Å². The monoisotopic (exact) mass is 647 g/mol. The third kappa shape index (κ3) is 12.5. The number of carbonyl (C=O) groups excluding carboxylic acids is 1. The van der Waals surface area contributed by atoms with E-state index in [9.17, 15) is 4.79 Å². The van der Waals surface area contributed by atoms with E-state index in [1.54, 1.807) is 0 Å². The molecule has 11 heteroatoms. The molecular formula is C31H65NO7Si3. The van der Waals surface area contributed by atoms with Crippen molar-refractivity contribution in [2.75, 3.05) is 33.0 Å². The van der Waals surface area contributed by atoms with Gasteiger partial charge in [0.05, 0.1) is 26.5 Å². The van der Waals surface area contributed by atoms with Gasteiger partial charge in [-0.2, -0.15) is 0 Å². The molecule has 1 heterocycles. The Morgan fingerprint density at radius 3 is 2.07 bits per heavy atom. The van der Waals surface area contributed by atoms with Gasteiger partial charge in [-0.25, -0.2) is 4.79 Å². The summed E-state index contributed by atoms with van der Waals surface area (Å²) in [7, 11) is -5.80. The highest BCUT2D eigenvalue weighted by molar-refractivity contribution is 6.82. The van der Waals surface area contributed by atoms with E-state index < -0.39 is 30.8 Å². The molecule has 0 spiro atoms. The van der Waals surface area contributed by atoms with Crippen LogP contribution in [0.5, 0.6) is 0 Å². The van der Waals surface area contributed by atoms with Crippen LogP contribution in [-0.4, -0.2) is 86.6 Å². The van der Waals surface area contributed by atoms with Crippen molar-refractivity contribution in [2.24, 2.45) is 0 Å². The molecule has 248 valence electrons. The van der Waals surface area contributed by atoms with E-state index in [-0.39, 0.29) is 29.4 Å². The van der Waals surface area contributed by atoms with Crippen molar-refractivity contribution in [1.29, 1.82) is 0 Å². The first kappa shape index (κ1) is 39.5. The number of rotatable bonds is 23. The van der Waals surface area contributed by atoms with Crippen molar-refractivity contribution < 1.29 is 32.6 Å². The molecule has 4 unspecified atom stereocenters. The number of hydrogen-bond donors (Lipinski definition) is 1. The van der Waals surface area contributed by atoms with E-state index in [1.165, 1.54) is 18.9 Å². The molecule has 0 aliphatic carbocycles. The summed E-state index contributed by atoms with van der Waals surface area (Å²) < 4.78 is 36.1. The highest BCUT2D eigenvalue weighted by Crippen LogP contribution is 2.41. The number of hydrogen-bond acceptors (Lipinski definition) is 7. The van der Waals surface area contributed by atoms with E-state index >= 15 is 0 Å². The molecule has 4 atom stereocenters. The van der Waals surface area contributed by atoms with Crippen LogP contribution in [0.25, 0.3) is 0 Å². The number of epoxide rings is 1. The third-order valence-electron chi connectivity index (χ3n) is 9.31. The third-order valence-corrected chi connectivity index (χ3v) is 21.2. The van der Waals surface area contributed by atoms with E-state index in [0.717, 1.165) is 30.9 Å². The van der Waals surface area contributed by atoms with Crippen LogP contribution in [0.15, 0.2) is 12.2 Å². The first-order valence-corrected chi connectivity index (χ1v) is 25.4. The molecule has 1 amide bonds. The second-order valence-corrected chi connectivity index (χ2v) is 27.9. The van der Waals surface area contributed by atoms with Crippen LogP contribution >= 0.6 is 0 Å². The van der Waals surface area contributed by atoms with Gasteiger partial charge in [0.15, 0.2) is 14.6 Å². The lowest BCUT2D eigenvalue weighted by atomic mass is 10.2. The molecule has 0 aromatic rings. The summed E-state index contributed by atoms with van der Waals surface area (Å²) in [5.74, 6) is 0. The smallest absolute Gasteiger partial charge is 0.407 e. The second kappa shape index (κ2) is 17.2. The van der Waals surface area contributed by atoms with Gasteiger partial charge in [-0.3, -0.25) is 0 Å². The Morgan fingerprint density at radius 2 is 1.52 bits per heavy atom. The largest absolute Gasteiger partial charge is 0.447 e. The molecule has 42 heavy (non-hydrogen) atoms. The summed E-state index contributed by atoms with van der Waals surface area (Å²) in [5.41, 5.74) is 0.943. The fourth-order valence-electron chi connectivity index (χ4n) is 5.37. The van der Waals surface area contributed by atoms with Gasteiger partial charge in [-0.1, -0.05) is 59.3 Å². The molecule has 0 aromatic carbocycles. The molecule has 8 nitrogen and oxygen atoms in total. The van der Waals surface area contributed by atoms with Gasteiger partial charge in [0.2, 0.25) is 8.32 Å². The predicted octanol–water partition coefficient (Wildman–Crippen LogP) is 7.80. The number of unbranched alkanes of at least 4 members (excludes halogenated alkanes) is 1. The molecule has 0 bridgehead atoms. The van der Waals surface area contributed by atoms with Crippen molar-refractivity contribution >= 4 is 30.8 Å². The fourth-order valence-corrected chi connectivity index (χ4v) is 16.6. The Bertz CT molecular complexity index is 841. The maximum Gasteiger partial charge on any atom is 0.407 e. The van der Waals surface area contributed by atoms with Crippen molar-refractivity contribution in [3.63, 3.8) is 0 Å². The van der Waals surface area contributed by atoms with Crippen LogP contribution in [0, 0.1) is 0 Å². The van der Waals surface area contributed by atoms with Crippen molar-refractivity contribution in [2.45, 2.75) is 148 Å². The van der Waals surface area contributed by atoms with Gasteiger partial charge in [-0.15, -0.1) is 0 Å². The normalized spacial score (nSPS) is 20.5. The first-order chi connectivity index (χ1) is 19.4. The summed E-state index contributed by atoms with van der Waals surface area (Å²) in [6, 6.07) is 2.31. The maximum absolute atomic E-state index is 11.8. The summed E-state index contributed by atoms with van der Waals surface area (Å²) in [6.45, 7) is 33.6. The van der Waals surface area contributed by atoms with Crippen molar-refractivity contribution in [3.8, 4) is 0 Å². The summed E-state index contributed by atoms with van der Waals surface area (Å²) in [6.07, 6.45) is 4.71. The van der Waals surface area contributed by atoms with Gasteiger partial charge >= 0.3 is 6.09 Å². The van der Waals surface area contributed by atoms with Crippen molar-refractivity contribution in [1.82, 2.24) is 5.32 Å². The highest BCUT2D eigenvalue weighted by Gasteiger charge is 2.53. The standard InChI is InChI=1S/C31H65NO7Si3/c1-14-17-24-40(8,9)30(6,15-2)39-42(12,13)31(7,16-3)38-41(10,11)25-18-20-34-22-23-36-29(33)32-19-21-35-28-27(37-28)26(4)5/h27-28H,4,14-25H2,1-3,5-13H3,(H,32,33). The Hall–Kier alpha value is -0.539. The Balaban J connectivity index is 2.42. The minimum Gasteiger partial charge on any atom is -0.447 e. The average molecular weight is 648 g/mol. The molecule has 0 radical (unpaired) electrons. The van der Waals surface area contributed by atoms with E-state index in [0.29, 0.717) is 26.4 Å². The van der Waals surface area contributed by atoms with E-state index in [4.69, 9.17) is 27.8 Å². The molecule has 1 saturated heterocycles. The number of ether oxygens (including phenoxy) is 4. The molecule has 1 rings (SSSR count). The zero-order valence-electron chi connectivity index (χ0n) is 29.2. The number of alkyl carbamates (subject to hydrolysis) is 1. The van der Waals surface area contributed by atoms with E-state index in [1.807, 2.05) is 6.92 Å². The minimum absolute atomic E-state index is 0.0240. The minimum atomic E-state index is -2.23. The first-order valence-electron chi connectivity index (χ1n) is 16.2. The van der Waals surface area contributed by atoms with Crippen LogP contribution in [0.1, 0.15) is 73.6 Å². The fraction of sp³-hybridized carbons (Fsp3) is 0.903. The highest BCUT2D eigenvalue weighted by atomic mass is 28.4. The lowest BCUT2D eigenvalue weighted by Gasteiger charge is -2.53. The lowest BCUT2D eigenvalue weighted by Crippen LogP contribution is -2.66.